The third-order valence-corrected chi connectivity index (χ3v) is 9.64. The van der Waals surface area contributed by atoms with Gasteiger partial charge in [-0.25, -0.2) is 0 Å². The summed E-state index contributed by atoms with van der Waals surface area (Å²) in [5.41, 5.74) is 3.01. The molecular weight excluding hydrogens is 332 g/mol. The second-order valence-corrected chi connectivity index (χ2v) is 10.7. The van der Waals surface area contributed by atoms with E-state index in [-0.39, 0.29) is 11.5 Å². The van der Waals surface area contributed by atoms with Crippen molar-refractivity contribution in [1.29, 1.82) is 0 Å². The van der Waals surface area contributed by atoms with Gasteiger partial charge in [-0.15, -0.1) is 0 Å². The smallest absolute Gasteiger partial charge is 0.0810 e. The SMILES string of the molecule is Cn1nccc1/C=C1/C[C@H]2[C@@H]3CC[C@H]4CCCC[C@]4(C)[C@H]3CC[C@]2(C)[C@H]1O. The van der Waals surface area contributed by atoms with E-state index >= 15 is 0 Å². The monoisotopic (exact) mass is 368 g/mol. The molecule has 4 fully saturated rings. The largest absolute Gasteiger partial charge is 0.388 e. The second kappa shape index (κ2) is 6.20. The number of hydrogen-bond donors (Lipinski definition) is 1. The number of aryl methyl sites for hydroxylation is 1. The van der Waals surface area contributed by atoms with Crippen LogP contribution in [0, 0.1) is 34.5 Å². The highest BCUT2D eigenvalue weighted by Crippen LogP contribution is 2.66. The average Bonchev–Trinajstić information content (AvgIpc) is 3.17. The Bertz CT molecular complexity index is 751. The first-order valence-corrected chi connectivity index (χ1v) is 11.3. The van der Waals surface area contributed by atoms with Gasteiger partial charge in [0.15, 0.2) is 0 Å². The summed E-state index contributed by atoms with van der Waals surface area (Å²) in [6.45, 7) is 5.02. The summed E-state index contributed by atoms with van der Waals surface area (Å²) in [5.74, 6) is 3.33. The molecule has 27 heavy (non-hydrogen) atoms. The van der Waals surface area contributed by atoms with Crippen molar-refractivity contribution < 1.29 is 5.11 Å². The van der Waals surface area contributed by atoms with Gasteiger partial charge in [-0.05, 0) is 91.7 Å². The lowest BCUT2D eigenvalue weighted by Crippen LogP contribution is -2.53. The summed E-state index contributed by atoms with van der Waals surface area (Å²) in [5, 5.41) is 15.6. The molecule has 5 rings (SSSR count). The van der Waals surface area contributed by atoms with Crippen molar-refractivity contribution in [1.82, 2.24) is 9.78 Å². The van der Waals surface area contributed by atoms with E-state index < -0.39 is 0 Å². The van der Waals surface area contributed by atoms with Gasteiger partial charge < -0.3 is 5.11 Å². The molecule has 0 radical (unpaired) electrons. The number of aliphatic hydroxyl groups excluding tert-OH is 1. The van der Waals surface area contributed by atoms with E-state index in [1.54, 1.807) is 0 Å². The molecule has 4 aliphatic rings. The molecule has 0 aromatic carbocycles. The Balaban J connectivity index is 1.47. The van der Waals surface area contributed by atoms with Crippen molar-refractivity contribution in [3.05, 3.63) is 23.5 Å². The fraction of sp³-hybridized carbons (Fsp3) is 0.792. The normalized spacial score (nSPS) is 48.1. The van der Waals surface area contributed by atoms with Crippen LogP contribution in [-0.2, 0) is 7.05 Å². The highest BCUT2D eigenvalue weighted by Gasteiger charge is 2.60. The van der Waals surface area contributed by atoms with Crippen molar-refractivity contribution in [3.8, 4) is 0 Å². The average molecular weight is 369 g/mol. The number of fused-ring (bicyclic) bond motifs is 5. The van der Waals surface area contributed by atoms with Crippen molar-refractivity contribution in [2.75, 3.05) is 0 Å². The van der Waals surface area contributed by atoms with E-state index in [0.717, 1.165) is 29.9 Å². The molecule has 0 amide bonds. The third kappa shape index (κ3) is 2.53. The van der Waals surface area contributed by atoms with E-state index in [1.165, 1.54) is 56.9 Å². The maximum Gasteiger partial charge on any atom is 0.0810 e. The highest BCUT2D eigenvalue weighted by molar-refractivity contribution is 5.52. The quantitative estimate of drug-likeness (QED) is 0.739. The Hall–Kier alpha value is -1.09. The molecule has 1 heterocycles. The van der Waals surface area contributed by atoms with Crippen LogP contribution in [0.25, 0.3) is 6.08 Å². The van der Waals surface area contributed by atoms with Gasteiger partial charge in [0.05, 0.1) is 11.8 Å². The maximum absolute atomic E-state index is 11.3. The first-order chi connectivity index (χ1) is 12.9. The predicted molar refractivity (Wildman–Crippen MR) is 109 cm³/mol. The zero-order valence-electron chi connectivity index (χ0n) is 17.3. The van der Waals surface area contributed by atoms with Gasteiger partial charge in [-0.3, -0.25) is 4.68 Å². The molecule has 4 saturated carbocycles. The first kappa shape index (κ1) is 18.0. The molecule has 4 aliphatic carbocycles. The Morgan fingerprint density at radius 1 is 1.07 bits per heavy atom. The van der Waals surface area contributed by atoms with Crippen LogP contribution in [0.2, 0.25) is 0 Å². The lowest BCUT2D eigenvalue weighted by atomic mass is 9.45. The summed E-state index contributed by atoms with van der Waals surface area (Å²) >= 11 is 0. The molecule has 7 atom stereocenters. The number of aromatic nitrogens is 2. The topological polar surface area (TPSA) is 38.0 Å². The first-order valence-electron chi connectivity index (χ1n) is 11.3. The minimum absolute atomic E-state index is 0.0729. The summed E-state index contributed by atoms with van der Waals surface area (Å²) < 4.78 is 1.92. The Morgan fingerprint density at radius 3 is 2.70 bits per heavy atom. The van der Waals surface area contributed by atoms with Gasteiger partial charge in [-0.2, -0.15) is 5.10 Å². The second-order valence-electron chi connectivity index (χ2n) is 10.7. The van der Waals surface area contributed by atoms with Gasteiger partial charge in [-0.1, -0.05) is 26.7 Å². The summed E-state index contributed by atoms with van der Waals surface area (Å²) in [4.78, 5) is 0. The van der Waals surface area contributed by atoms with Crippen LogP contribution in [0.1, 0.15) is 77.3 Å². The summed E-state index contributed by atoms with van der Waals surface area (Å²) in [7, 11) is 1.99. The van der Waals surface area contributed by atoms with Gasteiger partial charge in [0.1, 0.15) is 0 Å². The van der Waals surface area contributed by atoms with Crippen LogP contribution in [0.15, 0.2) is 17.8 Å². The molecule has 3 nitrogen and oxygen atoms in total. The van der Waals surface area contributed by atoms with Crippen LogP contribution >= 0.6 is 0 Å². The van der Waals surface area contributed by atoms with E-state index in [2.05, 4.69) is 31.1 Å². The van der Waals surface area contributed by atoms with Crippen molar-refractivity contribution in [3.63, 3.8) is 0 Å². The minimum atomic E-state index is -0.282. The van der Waals surface area contributed by atoms with E-state index in [9.17, 15) is 5.11 Å². The number of hydrogen-bond acceptors (Lipinski definition) is 2. The molecule has 1 aromatic rings. The standard InChI is InChI=1S/C24H36N2O/c1-23-11-5-4-6-17(23)7-8-19-20(23)9-12-24(2)21(19)15-16(22(24)27)14-18-10-13-25-26(18)3/h10,13-14,17,19-22,27H,4-9,11-12,15H2,1-3H3/b16-14-/t17-,19-,20+,21+,22+,23+,24+/m1/s1. The zero-order valence-corrected chi connectivity index (χ0v) is 17.3. The van der Waals surface area contributed by atoms with Crippen LogP contribution < -0.4 is 0 Å². The predicted octanol–water partition coefficient (Wildman–Crippen LogP) is 5.21. The fourth-order valence-electron chi connectivity index (χ4n) is 8.01. The molecule has 0 bridgehead atoms. The van der Waals surface area contributed by atoms with Gasteiger partial charge in [0.2, 0.25) is 0 Å². The molecule has 0 saturated heterocycles. The van der Waals surface area contributed by atoms with Gasteiger partial charge in [0, 0.05) is 18.7 Å². The molecule has 1 N–H and O–H groups in total. The number of aliphatic hydroxyl groups is 1. The van der Waals surface area contributed by atoms with Crippen molar-refractivity contribution >= 4 is 6.08 Å². The third-order valence-electron chi connectivity index (χ3n) is 9.64. The Morgan fingerprint density at radius 2 is 1.93 bits per heavy atom. The molecule has 0 spiro atoms. The van der Waals surface area contributed by atoms with Crippen LogP contribution in [-0.4, -0.2) is 21.0 Å². The Kier molecular flexibility index (Phi) is 4.13. The minimum Gasteiger partial charge on any atom is -0.388 e. The Labute approximate surface area is 164 Å². The fourth-order valence-corrected chi connectivity index (χ4v) is 8.01. The molecule has 0 aliphatic heterocycles. The molecule has 3 heteroatoms. The summed E-state index contributed by atoms with van der Waals surface area (Å²) in [6.07, 6.45) is 16.1. The van der Waals surface area contributed by atoms with E-state index in [4.69, 9.17) is 0 Å². The summed E-state index contributed by atoms with van der Waals surface area (Å²) in [6, 6.07) is 2.06. The van der Waals surface area contributed by atoms with Crippen LogP contribution in [0.3, 0.4) is 0 Å². The molecule has 1 aromatic heterocycles. The van der Waals surface area contributed by atoms with Gasteiger partial charge in [0.25, 0.3) is 0 Å². The lowest BCUT2D eigenvalue weighted by molar-refractivity contribution is -0.119. The van der Waals surface area contributed by atoms with E-state index in [1.807, 2.05) is 17.9 Å². The zero-order chi connectivity index (χ0) is 18.8. The van der Waals surface area contributed by atoms with Crippen LogP contribution in [0.4, 0.5) is 0 Å². The highest BCUT2D eigenvalue weighted by atomic mass is 16.3. The molecular formula is C24H36N2O. The van der Waals surface area contributed by atoms with Crippen molar-refractivity contribution in [2.24, 2.45) is 41.5 Å². The van der Waals surface area contributed by atoms with Crippen LogP contribution in [0.5, 0.6) is 0 Å². The molecule has 148 valence electrons. The number of rotatable bonds is 1. The van der Waals surface area contributed by atoms with Gasteiger partial charge >= 0.3 is 0 Å². The van der Waals surface area contributed by atoms with Crippen molar-refractivity contribution in [2.45, 2.75) is 77.7 Å². The molecule has 0 unspecified atom stereocenters. The number of nitrogens with zero attached hydrogens (tertiary/aromatic N) is 2. The maximum atomic E-state index is 11.3. The van der Waals surface area contributed by atoms with E-state index in [0.29, 0.717) is 11.3 Å². The lowest BCUT2D eigenvalue weighted by Gasteiger charge is -2.60.